The van der Waals surface area contributed by atoms with E-state index >= 15 is 0 Å². The first-order valence-corrected chi connectivity index (χ1v) is 14.6. The minimum Gasteiger partial charge on any atom is -0.236 e. The van der Waals surface area contributed by atoms with Gasteiger partial charge in [-0.3, -0.25) is 0 Å². The van der Waals surface area contributed by atoms with E-state index in [-0.39, 0.29) is 5.41 Å². The molecule has 6 rings (SSSR count). The van der Waals surface area contributed by atoms with Crippen molar-refractivity contribution in [2.75, 3.05) is 0 Å². The average molecular weight is 555 g/mol. The van der Waals surface area contributed by atoms with Gasteiger partial charge < -0.3 is 0 Å². The molecule has 2 heteroatoms. The largest absolute Gasteiger partial charge is 0.236 e. The van der Waals surface area contributed by atoms with Crippen LogP contribution in [0.25, 0.3) is 27.6 Å². The second kappa shape index (κ2) is 12.3. The van der Waals surface area contributed by atoms with Gasteiger partial charge in [-0.05, 0) is 50.2 Å². The van der Waals surface area contributed by atoms with E-state index in [1.54, 1.807) is 0 Å². The van der Waals surface area contributed by atoms with E-state index in [0.717, 1.165) is 16.7 Å². The molecule has 0 heterocycles. The van der Waals surface area contributed by atoms with Crippen molar-refractivity contribution in [1.29, 1.82) is 0 Å². The van der Waals surface area contributed by atoms with Crippen molar-refractivity contribution in [2.24, 2.45) is 9.98 Å². The highest BCUT2D eigenvalue weighted by atomic mass is 14.9. The average Bonchev–Trinajstić information content (AvgIpc) is 3.07. The van der Waals surface area contributed by atoms with Crippen LogP contribution in [0.4, 0.5) is 0 Å². The van der Waals surface area contributed by atoms with E-state index in [9.17, 15) is 0 Å². The lowest BCUT2D eigenvalue weighted by Crippen LogP contribution is -2.19. The van der Waals surface area contributed by atoms with Gasteiger partial charge in [0.25, 0.3) is 0 Å². The number of amidine groups is 1. The quantitative estimate of drug-likeness (QED) is 0.139. The maximum absolute atomic E-state index is 4.86. The summed E-state index contributed by atoms with van der Waals surface area (Å²) in [6.07, 6.45) is 1.85. The Morgan fingerprint density at radius 3 is 1.79 bits per heavy atom. The van der Waals surface area contributed by atoms with Gasteiger partial charge in [-0.25, -0.2) is 9.98 Å². The molecular weight excluding hydrogens is 520 g/mol. The Balaban J connectivity index is 1.27. The highest BCUT2D eigenvalue weighted by molar-refractivity contribution is 6.07. The molecule has 0 saturated carbocycles. The van der Waals surface area contributed by atoms with Crippen LogP contribution in [0.2, 0.25) is 0 Å². The Hall–Kier alpha value is -5.34. The van der Waals surface area contributed by atoms with E-state index in [0.29, 0.717) is 11.5 Å². The molecule has 0 aliphatic rings. The third-order valence-corrected chi connectivity index (χ3v) is 8.04. The molecule has 2 nitrogen and oxygen atoms in total. The summed E-state index contributed by atoms with van der Waals surface area (Å²) < 4.78 is 0. The number of nitrogens with zero attached hydrogens (tertiary/aromatic N) is 2. The summed E-state index contributed by atoms with van der Waals surface area (Å²) in [4.78, 5) is 9.67. The number of aliphatic imine (C=N–C) groups is 2. The molecule has 0 amide bonds. The molecule has 0 bridgehead atoms. The smallest absolute Gasteiger partial charge is 0.159 e. The fourth-order valence-electron chi connectivity index (χ4n) is 5.32. The van der Waals surface area contributed by atoms with Crippen LogP contribution in [-0.2, 0) is 5.41 Å². The molecule has 0 unspecified atom stereocenters. The second-order valence-corrected chi connectivity index (χ2v) is 11.3. The Kier molecular flexibility index (Phi) is 7.93. The van der Waals surface area contributed by atoms with Crippen LogP contribution in [0.5, 0.6) is 0 Å². The SMILES string of the molecule is C=C(/N=C(\N=C\c1ccccc1)c1ccc(C(C)(C)c2ccc(-c3ccc4ccccc4c3)cc2)cc1)c1ccccc1. The standard InChI is InChI=1S/C41H34N2/c1-30(32-14-8-5-9-15-32)43-40(42-29-31-12-6-4-7-13-31)35-22-26-39(27-23-35)41(2,3)38-24-20-34(21-25-38)37-19-18-33-16-10-11-17-36(33)28-37/h4-29H,1H2,2-3H3/b42-29+,43-40-. The Morgan fingerprint density at radius 2 is 1.12 bits per heavy atom. The maximum Gasteiger partial charge on any atom is 0.159 e. The van der Waals surface area contributed by atoms with Gasteiger partial charge in [0.2, 0.25) is 0 Å². The molecule has 0 saturated heterocycles. The first kappa shape index (κ1) is 27.8. The molecule has 0 radical (unpaired) electrons. The fourth-order valence-corrected chi connectivity index (χ4v) is 5.32. The highest BCUT2D eigenvalue weighted by Crippen LogP contribution is 2.34. The molecule has 43 heavy (non-hydrogen) atoms. The topological polar surface area (TPSA) is 24.7 Å². The van der Waals surface area contributed by atoms with Gasteiger partial charge in [0.1, 0.15) is 0 Å². The second-order valence-electron chi connectivity index (χ2n) is 11.3. The van der Waals surface area contributed by atoms with Crippen molar-refractivity contribution in [2.45, 2.75) is 19.3 Å². The number of benzene rings is 6. The number of hydrogen-bond acceptors (Lipinski definition) is 1. The van der Waals surface area contributed by atoms with Crippen molar-refractivity contribution < 1.29 is 0 Å². The van der Waals surface area contributed by atoms with Crippen molar-refractivity contribution in [1.82, 2.24) is 0 Å². The lowest BCUT2D eigenvalue weighted by Gasteiger charge is -2.26. The zero-order chi connectivity index (χ0) is 29.6. The zero-order valence-corrected chi connectivity index (χ0v) is 24.6. The van der Waals surface area contributed by atoms with Gasteiger partial charge in [-0.2, -0.15) is 0 Å². The monoisotopic (exact) mass is 554 g/mol. The molecule has 208 valence electrons. The van der Waals surface area contributed by atoms with Gasteiger partial charge in [-0.1, -0.05) is 166 Å². The number of hydrogen-bond donors (Lipinski definition) is 0. The van der Waals surface area contributed by atoms with Crippen molar-refractivity contribution in [3.05, 3.63) is 186 Å². The summed E-state index contributed by atoms with van der Waals surface area (Å²) >= 11 is 0. The van der Waals surface area contributed by atoms with Crippen LogP contribution >= 0.6 is 0 Å². The number of fused-ring (bicyclic) bond motifs is 1. The maximum atomic E-state index is 4.86. The Labute approximate surface area is 254 Å². The van der Waals surface area contributed by atoms with Crippen LogP contribution in [0.1, 0.15) is 41.7 Å². The molecule has 6 aromatic carbocycles. The van der Waals surface area contributed by atoms with Crippen LogP contribution in [0.3, 0.4) is 0 Å². The first-order chi connectivity index (χ1) is 21.0. The molecule has 0 spiro atoms. The van der Waals surface area contributed by atoms with Crippen molar-refractivity contribution >= 4 is 28.5 Å². The third kappa shape index (κ3) is 6.29. The summed E-state index contributed by atoms with van der Waals surface area (Å²) in [6.45, 7) is 8.77. The summed E-state index contributed by atoms with van der Waals surface area (Å²) in [6, 6.07) is 52.8. The molecule has 0 atom stereocenters. The molecule has 0 fully saturated rings. The first-order valence-electron chi connectivity index (χ1n) is 14.6. The van der Waals surface area contributed by atoms with E-state index in [1.165, 1.54) is 33.0 Å². The number of rotatable bonds is 7. The summed E-state index contributed by atoms with van der Waals surface area (Å²) in [5, 5.41) is 2.52. The molecule has 6 aromatic rings. The van der Waals surface area contributed by atoms with Gasteiger partial charge in [0.15, 0.2) is 5.84 Å². The van der Waals surface area contributed by atoms with Crippen molar-refractivity contribution in [3.63, 3.8) is 0 Å². The van der Waals surface area contributed by atoms with Crippen LogP contribution in [0.15, 0.2) is 168 Å². The summed E-state index contributed by atoms with van der Waals surface area (Å²) in [7, 11) is 0. The van der Waals surface area contributed by atoms with Gasteiger partial charge >= 0.3 is 0 Å². The van der Waals surface area contributed by atoms with E-state index in [4.69, 9.17) is 9.98 Å². The molecule has 0 N–H and O–H groups in total. The Bertz CT molecular complexity index is 1910. The summed E-state index contributed by atoms with van der Waals surface area (Å²) in [5.41, 5.74) is 8.36. The van der Waals surface area contributed by atoms with Crippen LogP contribution < -0.4 is 0 Å². The van der Waals surface area contributed by atoms with Gasteiger partial charge in [0, 0.05) is 17.2 Å². The zero-order valence-electron chi connectivity index (χ0n) is 24.6. The van der Waals surface area contributed by atoms with Gasteiger partial charge in [0.05, 0.1) is 5.70 Å². The van der Waals surface area contributed by atoms with Crippen molar-refractivity contribution in [3.8, 4) is 11.1 Å². The molecule has 0 aromatic heterocycles. The lowest BCUT2D eigenvalue weighted by molar-refractivity contribution is 0.641. The predicted molar refractivity (Wildman–Crippen MR) is 184 cm³/mol. The molecule has 0 aliphatic carbocycles. The van der Waals surface area contributed by atoms with Gasteiger partial charge in [-0.15, -0.1) is 0 Å². The molecule has 0 aliphatic heterocycles. The van der Waals surface area contributed by atoms with Crippen LogP contribution in [0, 0.1) is 0 Å². The fraction of sp³-hybridized carbons (Fsp3) is 0.0732. The lowest BCUT2D eigenvalue weighted by atomic mass is 9.77. The highest BCUT2D eigenvalue weighted by Gasteiger charge is 2.23. The Morgan fingerprint density at radius 1 is 0.558 bits per heavy atom. The van der Waals surface area contributed by atoms with E-state index in [1.807, 2.05) is 66.9 Å². The molecular formula is C41H34N2. The van der Waals surface area contributed by atoms with E-state index in [2.05, 4.69) is 111 Å². The minimum atomic E-state index is -0.182. The van der Waals surface area contributed by atoms with E-state index < -0.39 is 0 Å². The van der Waals surface area contributed by atoms with Crippen LogP contribution in [-0.4, -0.2) is 12.1 Å². The predicted octanol–water partition coefficient (Wildman–Crippen LogP) is 10.4. The third-order valence-electron chi connectivity index (χ3n) is 8.04. The normalized spacial score (nSPS) is 12.1. The minimum absolute atomic E-state index is 0.182. The summed E-state index contributed by atoms with van der Waals surface area (Å²) in [5.74, 6) is 0.627.